The first-order valence-corrected chi connectivity index (χ1v) is 3.02. The summed E-state index contributed by atoms with van der Waals surface area (Å²) in [6.07, 6.45) is 2.02. The summed E-state index contributed by atoms with van der Waals surface area (Å²) >= 11 is 0. The number of methoxy groups -OCH3 is 1. The van der Waals surface area contributed by atoms with Crippen molar-refractivity contribution in [2.75, 3.05) is 13.7 Å². The summed E-state index contributed by atoms with van der Waals surface area (Å²) in [4.78, 5) is 0. The standard InChI is InChI=1S/C6H12O2/c1-3-6(7-2)4-5-8-6/h3-5H2,1-2H3. The van der Waals surface area contributed by atoms with Crippen LogP contribution in [0.3, 0.4) is 0 Å². The van der Waals surface area contributed by atoms with Crippen molar-refractivity contribution in [2.24, 2.45) is 0 Å². The summed E-state index contributed by atoms with van der Waals surface area (Å²) in [6.45, 7) is 2.93. The molecule has 0 radical (unpaired) electrons. The monoisotopic (exact) mass is 116 g/mol. The summed E-state index contributed by atoms with van der Waals surface area (Å²) < 4.78 is 10.3. The molecule has 1 heterocycles. The van der Waals surface area contributed by atoms with Crippen LogP contribution in [-0.4, -0.2) is 19.5 Å². The van der Waals surface area contributed by atoms with Gasteiger partial charge in [0, 0.05) is 13.5 Å². The van der Waals surface area contributed by atoms with Crippen molar-refractivity contribution in [3.8, 4) is 0 Å². The Morgan fingerprint density at radius 3 is 2.38 bits per heavy atom. The summed E-state index contributed by atoms with van der Waals surface area (Å²) in [6, 6.07) is 0. The van der Waals surface area contributed by atoms with Crippen LogP contribution in [0.25, 0.3) is 0 Å². The minimum atomic E-state index is -0.194. The van der Waals surface area contributed by atoms with E-state index in [9.17, 15) is 0 Å². The molecule has 1 atom stereocenters. The van der Waals surface area contributed by atoms with Crippen molar-refractivity contribution in [3.05, 3.63) is 0 Å². The second-order valence-corrected chi connectivity index (χ2v) is 2.07. The van der Waals surface area contributed by atoms with E-state index in [1.165, 1.54) is 0 Å². The van der Waals surface area contributed by atoms with Crippen molar-refractivity contribution >= 4 is 0 Å². The molecule has 1 fully saturated rings. The first-order valence-electron chi connectivity index (χ1n) is 3.02. The minimum absolute atomic E-state index is 0.194. The third-order valence-electron chi connectivity index (χ3n) is 1.76. The number of ether oxygens (including phenoxy) is 2. The Labute approximate surface area is 49.8 Å². The van der Waals surface area contributed by atoms with Gasteiger partial charge >= 0.3 is 0 Å². The van der Waals surface area contributed by atoms with Gasteiger partial charge in [0.1, 0.15) is 0 Å². The van der Waals surface area contributed by atoms with E-state index in [-0.39, 0.29) is 5.79 Å². The van der Waals surface area contributed by atoms with E-state index in [2.05, 4.69) is 6.92 Å². The molecule has 48 valence electrons. The van der Waals surface area contributed by atoms with Crippen LogP contribution >= 0.6 is 0 Å². The maximum atomic E-state index is 5.19. The van der Waals surface area contributed by atoms with Gasteiger partial charge in [0.25, 0.3) is 0 Å². The van der Waals surface area contributed by atoms with Gasteiger partial charge in [0.15, 0.2) is 5.79 Å². The highest BCUT2D eigenvalue weighted by Crippen LogP contribution is 2.29. The first-order chi connectivity index (χ1) is 3.83. The van der Waals surface area contributed by atoms with Crippen molar-refractivity contribution in [3.63, 3.8) is 0 Å². The van der Waals surface area contributed by atoms with E-state index in [1.54, 1.807) is 7.11 Å². The molecule has 0 amide bonds. The van der Waals surface area contributed by atoms with Crippen LogP contribution in [0.4, 0.5) is 0 Å². The molecule has 0 aromatic heterocycles. The second-order valence-electron chi connectivity index (χ2n) is 2.07. The number of hydrogen-bond acceptors (Lipinski definition) is 2. The Morgan fingerprint density at radius 2 is 2.38 bits per heavy atom. The van der Waals surface area contributed by atoms with Gasteiger partial charge < -0.3 is 9.47 Å². The third-order valence-corrected chi connectivity index (χ3v) is 1.76. The van der Waals surface area contributed by atoms with Gasteiger partial charge in [0.2, 0.25) is 0 Å². The van der Waals surface area contributed by atoms with Crippen molar-refractivity contribution in [1.82, 2.24) is 0 Å². The molecule has 0 N–H and O–H groups in total. The van der Waals surface area contributed by atoms with Gasteiger partial charge in [-0.05, 0) is 6.42 Å². The second kappa shape index (κ2) is 2.03. The Kier molecular flexibility index (Phi) is 1.54. The van der Waals surface area contributed by atoms with Crippen molar-refractivity contribution < 1.29 is 9.47 Å². The number of hydrogen-bond donors (Lipinski definition) is 0. The molecular formula is C6H12O2. The number of rotatable bonds is 2. The molecule has 0 aromatic carbocycles. The van der Waals surface area contributed by atoms with E-state index in [0.29, 0.717) is 0 Å². The largest absolute Gasteiger partial charge is 0.353 e. The van der Waals surface area contributed by atoms with Gasteiger partial charge in [-0.25, -0.2) is 0 Å². The third kappa shape index (κ3) is 0.740. The van der Waals surface area contributed by atoms with E-state index in [4.69, 9.17) is 9.47 Å². The quantitative estimate of drug-likeness (QED) is 0.539. The van der Waals surface area contributed by atoms with Gasteiger partial charge in [-0.3, -0.25) is 0 Å². The Hall–Kier alpha value is -0.0800. The minimum Gasteiger partial charge on any atom is -0.353 e. The SMILES string of the molecule is CCC1(OC)CCO1. The van der Waals surface area contributed by atoms with Gasteiger partial charge in [-0.15, -0.1) is 0 Å². The lowest BCUT2D eigenvalue weighted by molar-refractivity contribution is -0.297. The molecule has 1 aliphatic heterocycles. The molecule has 0 aromatic rings. The average Bonchev–Trinajstić information content (AvgIpc) is 1.67. The highest BCUT2D eigenvalue weighted by atomic mass is 16.7. The maximum absolute atomic E-state index is 5.19. The van der Waals surface area contributed by atoms with Gasteiger partial charge in [-0.2, -0.15) is 0 Å². The van der Waals surface area contributed by atoms with E-state index >= 15 is 0 Å². The van der Waals surface area contributed by atoms with E-state index in [0.717, 1.165) is 19.4 Å². The molecule has 2 nitrogen and oxygen atoms in total. The summed E-state index contributed by atoms with van der Waals surface area (Å²) in [5.41, 5.74) is 0. The molecule has 1 rings (SSSR count). The zero-order chi connectivity index (χ0) is 6.04. The highest BCUT2D eigenvalue weighted by molar-refractivity contribution is 4.74. The van der Waals surface area contributed by atoms with Gasteiger partial charge in [-0.1, -0.05) is 6.92 Å². The fourth-order valence-corrected chi connectivity index (χ4v) is 0.914. The molecule has 0 aliphatic carbocycles. The lowest BCUT2D eigenvalue weighted by Gasteiger charge is -2.39. The van der Waals surface area contributed by atoms with Gasteiger partial charge in [0.05, 0.1) is 6.61 Å². The lowest BCUT2D eigenvalue weighted by Crippen LogP contribution is -2.44. The molecule has 2 heteroatoms. The lowest BCUT2D eigenvalue weighted by atomic mass is 10.1. The van der Waals surface area contributed by atoms with Crippen LogP contribution in [0, 0.1) is 0 Å². The Balaban J connectivity index is 2.33. The predicted octanol–water partition coefficient (Wildman–Crippen LogP) is 1.16. The van der Waals surface area contributed by atoms with Crippen LogP contribution in [-0.2, 0) is 9.47 Å². The van der Waals surface area contributed by atoms with Crippen LogP contribution in [0.15, 0.2) is 0 Å². The first kappa shape index (κ1) is 6.05. The van der Waals surface area contributed by atoms with Crippen LogP contribution in [0.5, 0.6) is 0 Å². The van der Waals surface area contributed by atoms with Crippen LogP contribution in [0.1, 0.15) is 19.8 Å². The average molecular weight is 116 g/mol. The fourth-order valence-electron chi connectivity index (χ4n) is 0.914. The summed E-state index contributed by atoms with van der Waals surface area (Å²) in [7, 11) is 1.70. The smallest absolute Gasteiger partial charge is 0.169 e. The molecule has 0 bridgehead atoms. The molecule has 1 unspecified atom stereocenters. The topological polar surface area (TPSA) is 18.5 Å². The molecule has 8 heavy (non-hydrogen) atoms. The van der Waals surface area contributed by atoms with E-state index in [1.807, 2.05) is 0 Å². The fraction of sp³-hybridized carbons (Fsp3) is 1.00. The van der Waals surface area contributed by atoms with Crippen LogP contribution in [0.2, 0.25) is 0 Å². The normalized spacial score (nSPS) is 36.8. The van der Waals surface area contributed by atoms with E-state index < -0.39 is 0 Å². The molecular weight excluding hydrogens is 104 g/mol. The Bertz CT molecular complexity index is 63.1. The molecule has 0 saturated carbocycles. The zero-order valence-electron chi connectivity index (χ0n) is 5.44. The predicted molar refractivity (Wildman–Crippen MR) is 30.6 cm³/mol. The molecule has 1 aliphatic rings. The Morgan fingerprint density at radius 1 is 1.75 bits per heavy atom. The summed E-state index contributed by atoms with van der Waals surface area (Å²) in [5.74, 6) is -0.194. The van der Waals surface area contributed by atoms with Crippen molar-refractivity contribution in [1.29, 1.82) is 0 Å². The molecule has 0 spiro atoms. The van der Waals surface area contributed by atoms with Crippen molar-refractivity contribution in [2.45, 2.75) is 25.6 Å². The zero-order valence-corrected chi connectivity index (χ0v) is 5.44. The summed E-state index contributed by atoms with van der Waals surface area (Å²) in [5, 5.41) is 0. The molecule has 1 saturated heterocycles. The van der Waals surface area contributed by atoms with Crippen LogP contribution < -0.4 is 0 Å². The maximum Gasteiger partial charge on any atom is 0.169 e. The highest BCUT2D eigenvalue weighted by Gasteiger charge is 2.36.